The molecule has 0 radical (unpaired) electrons. The van der Waals surface area contributed by atoms with E-state index in [-0.39, 0.29) is 12.3 Å². The van der Waals surface area contributed by atoms with Crippen LogP contribution < -0.4 is 0 Å². The lowest BCUT2D eigenvalue weighted by Crippen LogP contribution is -2.26. The molecule has 1 fully saturated rings. The monoisotopic (exact) mass is 334 g/mol. The molecule has 24 heavy (non-hydrogen) atoms. The molecule has 0 spiro atoms. The molecule has 2 aromatic heterocycles. The summed E-state index contributed by atoms with van der Waals surface area (Å²) in [7, 11) is 3.76. The molecule has 3 heterocycles. The van der Waals surface area contributed by atoms with Crippen molar-refractivity contribution < 1.29 is 14.6 Å². The normalized spacial score (nSPS) is 24.2. The van der Waals surface area contributed by atoms with Gasteiger partial charge < -0.3 is 19.5 Å². The van der Waals surface area contributed by atoms with Gasteiger partial charge in [0.25, 0.3) is 0 Å². The van der Waals surface area contributed by atoms with Crippen molar-refractivity contribution in [1.82, 2.24) is 24.4 Å². The van der Waals surface area contributed by atoms with Crippen molar-refractivity contribution in [2.45, 2.75) is 31.8 Å². The lowest BCUT2D eigenvalue weighted by atomic mass is 10.2. The molecule has 3 rings (SSSR count). The maximum Gasteiger partial charge on any atom is 0.184 e. The van der Waals surface area contributed by atoms with E-state index in [1.54, 1.807) is 17.2 Å². The second kappa shape index (κ2) is 7.20. The first kappa shape index (κ1) is 16.7. The number of imidazole rings is 1. The zero-order valence-corrected chi connectivity index (χ0v) is 14.0. The summed E-state index contributed by atoms with van der Waals surface area (Å²) in [6, 6.07) is 0. The molecule has 1 N–H and O–H groups in total. The average Bonchev–Trinajstić information content (AvgIpc) is 3.14. The topological polar surface area (TPSA) is 97.9 Å². The van der Waals surface area contributed by atoms with Gasteiger partial charge in [0.2, 0.25) is 0 Å². The zero-order chi connectivity index (χ0) is 17.1. The second-order valence-corrected chi connectivity index (χ2v) is 5.82. The molecule has 0 amide bonds. The van der Waals surface area contributed by atoms with E-state index in [4.69, 9.17) is 9.47 Å². The predicted molar refractivity (Wildman–Crippen MR) is 88.2 cm³/mol. The summed E-state index contributed by atoms with van der Waals surface area (Å²) in [5.74, 6) is 0.497. The molecule has 1 saturated heterocycles. The summed E-state index contributed by atoms with van der Waals surface area (Å²) in [5.41, 5.74) is 1.23. The SMILES string of the molecule is CCOCC1OC(n2cnc3c(N=CN(C)C)ncnc32)CC1O. The molecule has 130 valence electrons. The summed E-state index contributed by atoms with van der Waals surface area (Å²) in [5, 5.41) is 10.2. The Morgan fingerprint density at radius 1 is 1.46 bits per heavy atom. The molecule has 3 atom stereocenters. The van der Waals surface area contributed by atoms with Crippen LogP contribution in [-0.4, -0.2) is 75.4 Å². The van der Waals surface area contributed by atoms with Crippen LogP contribution in [0.15, 0.2) is 17.6 Å². The van der Waals surface area contributed by atoms with E-state index in [1.165, 1.54) is 6.33 Å². The van der Waals surface area contributed by atoms with Crippen LogP contribution in [0.1, 0.15) is 19.6 Å². The van der Waals surface area contributed by atoms with E-state index in [0.29, 0.717) is 36.6 Å². The van der Waals surface area contributed by atoms with Crippen LogP contribution in [-0.2, 0) is 9.47 Å². The number of aliphatic hydroxyl groups excluding tert-OH is 1. The fraction of sp³-hybridized carbons (Fsp3) is 0.600. The third kappa shape index (κ3) is 3.37. The van der Waals surface area contributed by atoms with Crippen LogP contribution in [0.4, 0.5) is 5.82 Å². The van der Waals surface area contributed by atoms with Crippen LogP contribution in [0.25, 0.3) is 11.2 Å². The fourth-order valence-corrected chi connectivity index (χ4v) is 2.58. The molecule has 0 saturated carbocycles. The molecule has 9 nitrogen and oxygen atoms in total. The van der Waals surface area contributed by atoms with E-state index >= 15 is 0 Å². The predicted octanol–water partition coefficient (Wildman–Crippen LogP) is 0.733. The Labute approximate surface area is 140 Å². The van der Waals surface area contributed by atoms with E-state index in [2.05, 4.69) is 19.9 Å². The Kier molecular flexibility index (Phi) is 5.03. The number of aromatic nitrogens is 4. The molecule has 9 heteroatoms. The standard InChI is InChI=1S/C15H22N6O3/c1-4-23-6-11-10(22)5-12(24-11)21-9-18-13-14(19-8-20(2)3)16-7-17-15(13)21/h7-12,22H,4-6H2,1-3H3. The summed E-state index contributed by atoms with van der Waals surface area (Å²) in [6.45, 7) is 2.87. The van der Waals surface area contributed by atoms with Gasteiger partial charge in [0, 0.05) is 27.1 Å². The van der Waals surface area contributed by atoms with Gasteiger partial charge in [-0.05, 0) is 6.92 Å². The number of fused-ring (bicyclic) bond motifs is 1. The van der Waals surface area contributed by atoms with Gasteiger partial charge in [0.05, 0.1) is 25.4 Å². The highest BCUT2D eigenvalue weighted by Gasteiger charge is 2.35. The minimum Gasteiger partial charge on any atom is -0.390 e. The quantitative estimate of drug-likeness (QED) is 0.614. The van der Waals surface area contributed by atoms with E-state index in [0.717, 1.165) is 0 Å². The molecule has 0 bridgehead atoms. The highest BCUT2D eigenvalue weighted by Crippen LogP contribution is 2.32. The Balaban J connectivity index is 1.85. The van der Waals surface area contributed by atoms with Crippen molar-refractivity contribution in [3.05, 3.63) is 12.7 Å². The first-order chi connectivity index (χ1) is 11.6. The lowest BCUT2D eigenvalue weighted by Gasteiger charge is -2.15. The Bertz CT molecular complexity index is 716. The first-order valence-electron chi connectivity index (χ1n) is 7.89. The summed E-state index contributed by atoms with van der Waals surface area (Å²) in [6.07, 6.45) is 3.96. The van der Waals surface area contributed by atoms with Crippen LogP contribution in [0.2, 0.25) is 0 Å². The summed E-state index contributed by atoms with van der Waals surface area (Å²) in [4.78, 5) is 19.0. The summed E-state index contributed by atoms with van der Waals surface area (Å²) < 4.78 is 13.1. The molecule has 0 aromatic carbocycles. The van der Waals surface area contributed by atoms with Crippen molar-refractivity contribution in [3.63, 3.8) is 0 Å². The fourth-order valence-electron chi connectivity index (χ4n) is 2.58. The lowest BCUT2D eigenvalue weighted by molar-refractivity contribution is -0.0594. The highest BCUT2D eigenvalue weighted by atomic mass is 16.6. The molecule has 2 aromatic rings. The van der Waals surface area contributed by atoms with E-state index in [9.17, 15) is 5.11 Å². The number of aliphatic imine (C=N–C) groups is 1. The Morgan fingerprint density at radius 2 is 2.29 bits per heavy atom. The molecular formula is C15H22N6O3. The number of ether oxygens (including phenoxy) is 2. The van der Waals surface area contributed by atoms with Crippen LogP contribution in [0.5, 0.6) is 0 Å². The minimum atomic E-state index is -0.577. The van der Waals surface area contributed by atoms with Gasteiger partial charge in [-0.3, -0.25) is 4.57 Å². The van der Waals surface area contributed by atoms with Crippen LogP contribution in [0.3, 0.4) is 0 Å². The average molecular weight is 334 g/mol. The molecule has 1 aliphatic rings. The smallest absolute Gasteiger partial charge is 0.184 e. The Hall–Kier alpha value is -2.10. The van der Waals surface area contributed by atoms with E-state index in [1.807, 2.05) is 25.9 Å². The van der Waals surface area contributed by atoms with Gasteiger partial charge >= 0.3 is 0 Å². The number of hydrogen-bond acceptors (Lipinski definition) is 7. The first-order valence-corrected chi connectivity index (χ1v) is 7.89. The Morgan fingerprint density at radius 3 is 3.04 bits per heavy atom. The maximum absolute atomic E-state index is 10.2. The van der Waals surface area contributed by atoms with Crippen molar-refractivity contribution in [2.24, 2.45) is 4.99 Å². The molecular weight excluding hydrogens is 312 g/mol. The minimum absolute atomic E-state index is 0.337. The number of nitrogens with zero attached hydrogens (tertiary/aromatic N) is 6. The molecule has 0 aliphatic carbocycles. The highest BCUT2D eigenvalue weighted by molar-refractivity contribution is 5.82. The van der Waals surface area contributed by atoms with Crippen molar-refractivity contribution in [1.29, 1.82) is 0 Å². The second-order valence-electron chi connectivity index (χ2n) is 5.82. The largest absolute Gasteiger partial charge is 0.390 e. The van der Waals surface area contributed by atoms with Gasteiger partial charge in [0.15, 0.2) is 17.0 Å². The number of aliphatic hydroxyl groups is 1. The summed E-state index contributed by atoms with van der Waals surface area (Å²) >= 11 is 0. The molecule has 1 aliphatic heterocycles. The molecule has 3 unspecified atom stereocenters. The van der Waals surface area contributed by atoms with Gasteiger partial charge in [-0.2, -0.15) is 0 Å². The van der Waals surface area contributed by atoms with Crippen molar-refractivity contribution >= 4 is 23.3 Å². The third-order valence-electron chi connectivity index (χ3n) is 3.75. The van der Waals surface area contributed by atoms with Crippen molar-refractivity contribution in [2.75, 3.05) is 27.3 Å². The van der Waals surface area contributed by atoms with Crippen molar-refractivity contribution in [3.8, 4) is 0 Å². The van der Waals surface area contributed by atoms with Gasteiger partial charge in [-0.15, -0.1) is 0 Å². The maximum atomic E-state index is 10.2. The number of hydrogen-bond donors (Lipinski definition) is 1. The third-order valence-corrected chi connectivity index (χ3v) is 3.75. The van der Waals surface area contributed by atoms with Crippen LogP contribution >= 0.6 is 0 Å². The van der Waals surface area contributed by atoms with Gasteiger partial charge in [0.1, 0.15) is 18.7 Å². The number of rotatable bonds is 6. The zero-order valence-electron chi connectivity index (χ0n) is 14.0. The van der Waals surface area contributed by atoms with E-state index < -0.39 is 6.10 Å². The van der Waals surface area contributed by atoms with Gasteiger partial charge in [-0.1, -0.05) is 0 Å². The van der Waals surface area contributed by atoms with Crippen LogP contribution in [0, 0.1) is 0 Å². The van der Waals surface area contributed by atoms with Gasteiger partial charge in [-0.25, -0.2) is 19.9 Å².